The maximum atomic E-state index is 12.2. The highest BCUT2D eigenvalue weighted by Gasteiger charge is 2.13. The van der Waals surface area contributed by atoms with Crippen molar-refractivity contribution in [3.8, 4) is 11.4 Å². The Labute approximate surface area is 151 Å². The Morgan fingerprint density at radius 1 is 1.23 bits per heavy atom. The van der Waals surface area contributed by atoms with Crippen molar-refractivity contribution in [2.24, 2.45) is 0 Å². The first kappa shape index (κ1) is 18.0. The molecule has 3 aromatic rings. The molecule has 11 heteroatoms. The number of halogens is 2. The Hall–Kier alpha value is -2.82. The average molecular weight is 379 g/mol. The van der Waals surface area contributed by atoms with E-state index in [9.17, 15) is 8.78 Å². The first-order chi connectivity index (χ1) is 12.6. The number of hydrogen-bond donors (Lipinski definition) is 0. The number of aromatic nitrogens is 7. The van der Waals surface area contributed by atoms with E-state index in [1.165, 1.54) is 28.6 Å². The van der Waals surface area contributed by atoms with Crippen molar-refractivity contribution in [1.29, 1.82) is 0 Å². The minimum Gasteiger partial charge on any atom is -0.435 e. The van der Waals surface area contributed by atoms with Gasteiger partial charge < -0.3 is 9.30 Å². The molecule has 0 amide bonds. The summed E-state index contributed by atoms with van der Waals surface area (Å²) in [5.74, 6) is 1.91. The zero-order valence-corrected chi connectivity index (χ0v) is 14.6. The van der Waals surface area contributed by atoms with E-state index in [-0.39, 0.29) is 5.75 Å². The highest BCUT2D eigenvalue weighted by molar-refractivity contribution is 7.98. The molecular formula is C15H15F2N7OS. The number of thioether (sulfide) groups is 1. The number of hydrogen-bond acceptors (Lipinski definition) is 7. The predicted molar refractivity (Wildman–Crippen MR) is 90.3 cm³/mol. The average Bonchev–Trinajstić information content (AvgIpc) is 3.21. The fourth-order valence-corrected chi connectivity index (χ4v) is 3.10. The lowest BCUT2D eigenvalue weighted by atomic mass is 10.3. The molecule has 0 N–H and O–H groups in total. The number of aryl methyl sites for hydroxylation is 1. The van der Waals surface area contributed by atoms with E-state index < -0.39 is 6.61 Å². The van der Waals surface area contributed by atoms with Gasteiger partial charge in [0.25, 0.3) is 0 Å². The molecule has 0 saturated carbocycles. The largest absolute Gasteiger partial charge is 0.435 e. The third kappa shape index (κ3) is 4.04. The van der Waals surface area contributed by atoms with Crippen molar-refractivity contribution < 1.29 is 13.5 Å². The van der Waals surface area contributed by atoms with Gasteiger partial charge in [0.15, 0.2) is 11.0 Å². The summed E-state index contributed by atoms with van der Waals surface area (Å²) in [5, 5.41) is 20.6. The van der Waals surface area contributed by atoms with Crippen LogP contribution >= 0.6 is 11.8 Å². The van der Waals surface area contributed by atoms with Gasteiger partial charge in [0, 0.05) is 6.54 Å². The van der Waals surface area contributed by atoms with Gasteiger partial charge in [-0.2, -0.15) is 13.5 Å². The summed E-state index contributed by atoms with van der Waals surface area (Å²) >= 11 is 1.44. The topological polar surface area (TPSA) is 83.5 Å². The summed E-state index contributed by atoms with van der Waals surface area (Å²) in [4.78, 5) is 0. The van der Waals surface area contributed by atoms with Gasteiger partial charge in [-0.25, -0.2) is 0 Å². The lowest BCUT2D eigenvalue weighted by Crippen LogP contribution is -2.05. The maximum Gasteiger partial charge on any atom is 0.387 e. The Kier molecular flexibility index (Phi) is 5.56. The molecule has 1 aromatic carbocycles. The number of allylic oxidation sites excluding steroid dienone is 1. The molecule has 0 aliphatic heterocycles. The Bertz CT molecular complexity index is 879. The van der Waals surface area contributed by atoms with Crippen LogP contribution in [0.15, 0.2) is 42.1 Å². The fourth-order valence-electron chi connectivity index (χ4n) is 2.20. The van der Waals surface area contributed by atoms with E-state index in [0.717, 1.165) is 11.0 Å². The van der Waals surface area contributed by atoms with Crippen molar-refractivity contribution >= 4 is 11.8 Å². The van der Waals surface area contributed by atoms with E-state index in [0.29, 0.717) is 23.8 Å². The van der Waals surface area contributed by atoms with Gasteiger partial charge in [-0.05, 0) is 41.6 Å². The normalized spacial score (nSPS) is 11.1. The Morgan fingerprint density at radius 3 is 2.69 bits per heavy atom. The number of nitrogens with zero attached hydrogens (tertiary/aromatic N) is 7. The molecule has 26 heavy (non-hydrogen) atoms. The van der Waals surface area contributed by atoms with Crippen LogP contribution in [0.3, 0.4) is 0 Å². The lowest BCUT2D eigenvalue weighted by Gasteiger charge is -2.07. The van der Waals surface area contributed by atoms with Crippen LogP contribution in [-0.4, -0.2) is 41.6 Å². The molecule has 136 valence electrons. The molecule has 0 fully saturated rings. The van der Waals surface area contributed by atoms with Crippen molar-refractivity contribution in [1.82, 2.24) is 35.0 Å². The van der Waals surface area contributed by atoms with Crippen LogP contribution < -0.4 is 4.74 Å². The van der Waals surface area contributed by atoms with Gasteiger partial charge in [0.2, 0.25) is 0 Å². The summed E-state index contributed by atoms with van der Waals surface area (Å²) in [5.41, 5.74) is 0.635. The molecule has 0 aliphatic carbocycles. The monoisotopic (exact) mass is 379 g/mol. The van der Waals surface area contributed by atoms with Gasteiger partial charge in [-0.3, -0.25) is 0 Å². The maximum absolute atomic E-state index is 12.2. The molecule has 0 aliphatic rings. The molecule has 3 rings (SSSR count). The summed E-state index contributed by atoms with van der Waals surface area (Å²) in [6.07, 6.45) is 1.77. The molecule has 0 bridgehead atoms. The second-order valence-corrected chi connectivity index (χ2v) is 6.04. The summed E-state index contributed by atoms with van der Waals surface area (Å²) < 4.78 is 32.3. The smallest absolute Gasteiger partial charge is 0.387 e. The molecule has 2 heterocycles. The molecule has 8 nitrogen and oxygen atoms in total. The van der Waals surface area contributed by atoms with Crippen molar-refractivity contribution in [3.63, 3.8) is 0 Å². The third-order valence-corrected chi connectivity index (χ3v) is 4.35. The van der Waals surface area contributed by atoms with Crippen molar-refractivity contribution in [2.45, 2.75) is 31.0 Å². The Morgan fingerprint density at radius 2 is 2.00 bits per heavy atom. The minimum atomic E-state index is -2.86. The van der Waals surface area contributed by atoms with Crippen LogP contribution in [0.1, 0.15) is 11.6 Å². The van der Waals surface area contributed by atoms with Crippen LogP contribution in [0, 0.1) is 6.92 Å². The molecule has 0 atom stereocenters. The molecule has 0 saturated heterocycles. The SMILES string of the molecule is C=CCn1c(C)nnc1SCc1nnnn1-c1ccc(OC(F)F)cc1. The van der Waals surface area contributed by atoms with Crippen molar-refractivity contribution in [2.75, 3.05) is 0 Å². The van der Waals surface area contributed by atoms with Gasteiger partial charge in [-0.1, -0.05) is 17.8 Å². The van der Waals surface area contributed by atoms with Gasteiger partial charge in [0.1, 0.15) is 11.6 Å². The molecule has 0 spiro atoms. The number of tetrazole rings is 1. The van der Waals surface area contributed by atoms with Crippen LogP contribution in [0.2, 0.25) is 0 Å². The first-order valence-corrected chi connectivity index (χ1v) is 8.53. The predicted octanol–water partition coefficient (Wildman–Crippen LogP) is 2.64. The lowest BCUT2D eigenvalue weighted by molar-refractivity contribution is -0.0498. The first-order valence-electron chi connectivity index (χ1n) is 7.54. The third-order valence-electron chi connectivity index (χ3n) is 3.38. The minimum absolute atomic E-state index is 0.0701. The van der Waals surface area contributed by atoms with Crippen LogP contribution in [0.5, 0.6) is 5.75 Å². The Balaban J connectivity index is 1.74. The zero-order chi connectivity index (χ0) is 18.5. The summed E-state index contributed by atoms with van der Waals surface area (Å²) in [6, 6.07) is 6.08. The summed E-state index contributed by atoms with van der Waals surface area (Å²) in [6.45, 7) is 3.34. The zero-order valence-electron chi connectivity index (χ0n) is 13.8. The fraction of sp³-hybridized carbons (Fsp3) is 0.267. The second kappa shape index (κ2) is 8.04. The highest BCUT2D eigenvalue weighted by Crippen LogP contribution is 2.23. The van der Waals surface area contributed by atoms with Gasteiger partial charge in [0.05, 0.1) is 11.4 Å². The van der Waals surface area contributed by atoms with E-state index in [2.05, 4.69) is 37.0 Å². The highest BCUT2D eigenvalue weighted by atomic mass is 32.2. The number of rotatable bonds is 8. The van der Waals surface area contributed by atoms with Crippen molar-refractivity contribution in [3.05, 3.63) is 48.6 Å². The van der Waals surface area contributed by atoms with Crippen LogP contribution in [-0.2, 0) is 12.3 Å². The second-order valence-electron chi connectivity index (χ2n) is 5.10. The standard InChI is InChI=1S/C15H15F2N7OS/c1-3-8-23-10(2)18-20-15(23)26-9-13-19-21-22-24(13)11-4-6-12(7-5-11)25-14(16)17/h3-7,14H,1,8-9H2,2H3. The molecule has 0 unspecified atom stereocenters. The molecule has 2 aromatic heterocycles. The quantitative estimate of drug-likeness (QED) is 0.439. The van der Waals surface area contributed by atoms with E-state index >= 15 is 0 Å². The van der Waals surface area contributed by atoms with E-state index in [1.807, 2.05) is 11.5 Å². The van der Waals surface area contributed by atoms with E-state index in [1.54, 1.807) is 18.2 Å². The van der Waals surface area contributed by atoms with E-state index in [4.69, 9.17) is 0 Å². The summed E-state index contributed by atoms with van der Waals surface area (Å²) in [7, 11) is 0. The molecular weight excluding hydrogens is 364 g/mol. The number of alkyl halides is 2. The number of ether oxygens (including phenoxy) is 1. The van der Waals surface area contributed by atoms with Crippen LogP contribution in [0.4, 0.5) is 8.78 Å². The number of benzene rings is 1. The van der Waals surface area contributed by atoms with Gasteiger partial charge >= 0.3 is 6.61 Å². The molecule has 0 radical (unpaired) electrons. The van der Waals surface area contributed by atoms with Gasteiger partial charge in [-0.15, -0.1) is 21.9 Å². The van der Waals surface area contributed by atoms with Crippen LogP contribution in [0.25, 0.3) is 5.69 Å².